The lowest BCUT2D eigenvalue weighted by Crippen LogP contribution is -2.39. The average Bonchev–Trinajstić information content (AvgIpc) is 3.09. The monoisotopic (exact) mass is 347 g/mol. The Morgan fingerprint density at radius 2 is 2.12 bits per heavy atom. The van der Waals surface area contributed by atoms with Crippen molar-refractivity contribution in [2.45, 2.75) is 24.0 Å². The van der Waals surface area contributed by atoms with Crippen LogP contribution in [-0.4, -0.2) is 47.6 Å². The molecule has 2 aromatic rings. The fourth-order valence-electron chi connectivity index (χ4n) is 2.58. The van der Waals surface area contributed by atoms with Crippen molar-refractivity contribution in [1.29, 1.82) is 0 Å². The van der Waals surface area contributed by atoms with E-state index in [0.29, 0.717) is 5.75 Å². The van der Waals surface area contributed by atoms with Gasteiger partial charge in [-0.25, -0.2) is 4.98 Å². The van der Waals surface area contributed by atoms with E-state index in [0.717, 1.165) is 42.6 Å². The third kappa shape index (κ3) is 4.30. The van der Waals surface area contributed by atoms with Gasteiger partial charge in [0.2, 0.25) is 5.91 Å². The summed E-state index contributed by atoms with van der Waals surface area (Å²) in [5, 5.41) is 3.86. The number of rotatable bonds is 6. The molecule has 1 fully saturated rings. The van der Waals surface area contributed by atoms with Crippen molar-refractivity contribution < 1.29 is 14.3 Å². The lowest BCUT2D eigenvalue weighted by atomic mass is 10.1. The van der Waals surface area contributed by atoms with Crippen LogP contribution in [0, 0.1) is 0 Å². The first kappa shape index (κ1) is 16.9. The van der Waals surface area contributed by atoms with Crippen LogP contribution < -0.4 is 10.1 Å². The van der Waals surface area contributed by atoms with Crippen molar-refractivity contribution >= 4 is 17.7 Å². The summed E-state index contributed by atoms with van der Waals surface area (Å²) in [5.41, 5.74) is 0.987. The van der Waals surface area contributed by atoms with Crippen LogP contribution in [0.5, 0.6) is 5.75 Å². The van der Waals surface area contributed by atoms with Crippen LogP contribution in [0.2, 0.25) is 0 Å². The first-order valence-corrected chi connectivity index (χ1v) is 8.92. The number of nitrogens with zero attached hydrogens (tertiary/aromatic N) is 2. The quantitative estimate of drug-likeness (QED) is 0.812. The molecule has 0 bridgehead atoms. The van der Waals surface area contributed by atoms with Crippen molar-refractivity contribution in [3.05, 3.63) is 36.7 Å². The van der Waals surface area contributed by atoms with Gasteiger partial charge in [-0.05, 0) is 37.1 Å². The number of methoxy groups -OCH3 is 1. The van der Waals surface area contributed by atoms with Crippen molar-refractivity contribution in [1.82, 2.24) is 14.9 Å². The smallest absolute Gasteiger partial charge is 0.230 e. The van der Waals surface area contributed by atoms with Crippen LogP contribution in [0.4, 0.5) is 0 Å². The number of hydrogen-bond donors (Lipinski definition) is 1. The number of ether oxygens (including phenoxy) is 2. The molecule has 0 atom stereocenters. The van der Waals surface area contributed by atoms with Gasteiger partial charge in [0.1, 0.15) is 5.75 Å². The fourth-order valence-corrected chi connectivity index (χ4v) is 3.36. The largest absolute Gasteiger partial charge is 0.497 e. The Kier molecular flexibility index (Phi) is 5.77. The van der Waals surface area contributed by atoms with Crippen LogP contribution >= 0.6 is 11.8 Å². The van der Waals surface area contributed by atoms with E-state index in [2.05, 4.69) is 10.3 Å². The topological polar surface area (TPSA) is 65.4 Å². The summed E-state index contributed by atoms with van der Waals surface area (Å²) in [4.78, 5) is 16.5. The molecule has 1 amide bonds. The maximum atomic E-state index is 12.1. The highest BCUT2D eigenvalue weighted by atomic mass is 32.2. The fraction of sp³-hybridized carbons (Fsp3) is 0.412. The highest BCUT2D eigenvalue weighted by molar-refractivity contribution is 7.99. The molecule has 1 saturated heterocycles. The number of benzene rings is 1. The second-order valence-electron chi connectivity index (χ2n) is 5.52. The molecule has 1 aromatic carbocycles. The molecule has 2 heterocycles. The van der Waals surface area contributed by atoms with Crippen LogP contribution in [-0.2, 0) is 9.53 Å². The molecular formula is C17H21N3O3S. The van der Waals surface area contributed by atoms with Gasteiger partial charge in [-0.15, -0.1) is 0 Å². The predicted molar refractivity (Wildman–Crippen MR) is 92.8 cm³/mol. The Balaban J connectivity index is 1.57. The van der Waals surface area contributed by atoms with Gasteiger partial charge in [-0.3, -0.25) is 9.36 Å². The number of amides is 1. The van der Waals surface area contributed by atoms with Gasteiger partial charge in [0.15, 0.2) is 5.16 Å². The standard InChI is InChI=1S/C17H21N3O3S/c1-22-15-4-2-14(3-5-15)20-9-8-18-17(20)24-12-16(21)19-13-6-10-23-11-7-13/h2-5,8-9,13H,6-7,10-12H2,1H3,(H,19,21). The molecule has 128 valence electrons. The summed E-state index contributed by atoms with van der Waals surface area (Å²) in [6.45, 7) is 1.44. The van der Waals surface area contributed by atoms with Crippen molar-refractivity contribution in [2.24, 2.45) is 0 Å². The van der Waals surface area contributed by atoms with E-state index in [4.69, 9.17) is 9.47 Å². The molecule has 24 heavy (non-hydrogen) atoms. The third-order valence-corrected chi connectivity index (χ3v) is 4.84. The maximum Gasteiger partial charge on any atom is 0.230 e. The first-order valence-electron chi connectivity index (χ1n) is 7.94. The molecular weight excluding hydrogens is 326 g/mol. The van der Waals surface area contributed by atoms with Crippen LogP contribution in [0.25, 0.3) is 5.69 Å². The molecule has 1 N–H and O–H groups in total. The van der Waals surface area contributed by atoms with Gasteiger partial charge >= 0.3 is 0 Å². The van der Waals surface area contributed by atoms with Crippen LogP contribution in [0.1, 0.15) is 12.8 Å². The molecule has 7 heteroatoms. The van der Waals surface area contributed by atoms with E-state index in [1.54, 1.807) is 13.3 Å². The molecule has 0 aliphatic carbocycles. The molecule has 1 aliphatic heterocycles. The van der Waals surface area contributed by atoms with E-state index in [9.17, 15) is 4.79 Å². The summed E-state index contributed by atoms with van der Waals surface area (Å²) in [7, 11) is 1.64. The lowest BCUT2D eigenvalue weighted by molar-refractivity contribution is -0.119. The Bertz CT molecular complexity index is 666. The Morgan fingerprint density at radius 1 is 1.38 bits per heavy atom. The summed E-state index contributed by atoms with van der Waals surface area (Å²) >= 11 is 1.43. The van der Waals surface area contributed by atoms with Gasteiger partial charge in [-0.1, -0.05) is 11.8 Å². The molecule has 0 unspecified atom stereocenters. The Morgan fingerprint density at radius 3 is 2.83 bits per heavy atom. The van der Waals surface area contributed by atoms with Gasteiger partial charge in [0.25, 0.3) is 0 Å². The second-order valence-corrected chi connectivity index (χ2v) is 6.46. The SMILES string of the molecule is COc1ccc(-n2ccnc2SCC(=O)NC2CCOCC2)cc1. The van der Waals surface area contributed by atoms with Crippen molar-refractivity contribution in [3.63, 3.8) is 0 Å². The second kappa shape index (κ2) is 8.21. The lowest BCUT2D eigenvalue weighted by Gasteiger charge is -2.22. The van der Waals surface area contributed by atoms with Gasteiger partial charge in [0.05, 0.1) is 12.9 Å². The molecule has 1 aliphatic rings. The van der Waals surface area contributed by atoms with E-state index in [-0.39, 0.29) is 11.9 Å². The Labute approximate surface area is 145 Å². The molecule has 0 saturated carbocycles. The van der Waals surface area contributed by atoms with Crippen LogP contribution in [0.3, 0.4) is 0 Å². The van der Waals surface area contributed by atoms with E-state index >= 15 is 0 Å². The van der Waals surface area contributed by atoms with Gasteiger partial charge in [0, 0.05) is 37.3 Å². The molecule has 1 aromatic heterocycles. The molecule has 0 spiro atoms. The van der Waals surface area contributed by atoms with E-state index < -0.39 is 0 Å². The highest BCUT2D eigenvalue weighted by Gasteiger charge is 2.16. The maximum absolute atomic E-state index is 12.1. The van der Waals surface area contributed by atoms with Gasteiger partial charge in [-0.2, -0.15) is 0 Å². The zero-order chi connectivity index (χ0) is 16.8. The molecule has 0 radical (unpaired) electrons. The summed E-state index contributed by atoms with van der Waals surface area (Å²) < 4.78 is 12.4. The van der Waals surface area contributed by atoms with Gasteiger partial charge < -0.3 is 14.8 Å². The van der Waals surface area contributed by atoms with Crippen molar-refractivity contribution in [3.8, 4) is 11.4 Å². The predicted octanol–water partition coefficient (Wildman–Crippen LogP) is 2.27. The number of imidazole rings is 1. The van der Waals surface area contributed by atoms with E-state index in [1.807, 2.05) is 35.0 Å². The number of hydrogen-bond acceptors (Lipinski definition) is 5. The third-order valence-electron chi connectivity index (χ3n) is 3.88. The van der Waals surface area contributed by atoms with E-state index in [1.165, 1.54) is 11.8 Å². The number of aromatic nitrogens is 2. The minimum absolute atomic E-state index is 0.0381. The van der Waals surface area contributed by atoms with Crippen LogP contribution in [0.15, 0.2) is 41.8 Å². The summed E-state index contributed by atoms with van der Waals surface area (Å²) in [6.07, 6.45) is 5.40. The average molecular weight is 347 g/mol. The molecule has 6 nitrogen and oxygen atoms in total. The number of thioether (sulfide) groups is 1. The highest BCUT2D eigenvalue weighted by Crippen LogP contribution is 2.22. The summed E-state index contributed by atoms with van der Waals surface area (Å²) in [5.74, 6) is 1.20. The normalized spacial score (nSPS) is 15.2. The molecule has 3 rings (SSSR count). The Hall–Kier alpha value is -1.99. The zero-order valence-corrected chi connectivity index (χ0v) is 14.4. The minimum Gasteiger partial charge on any atom is -0.497 e. The number of carbonyl (C=O) groups is 1. The van der Waals surface area contributed by atoms with Crippen molar-refractivity contribution in [2.75, 3.05) is 26.1 Å². The zero-order valence-electron chi connectivity index (χ0n) is 13.6. The number of nitrogens with one attached hydrogen (secondary N) is 1. The first-order chi connectivity index (χ1) is 11.8. The number of carbonyl (C=O) groups excluding carboxylic acids is 1. The summed E-state index contributed by atoms with van der Waals surface area (Å²) in [6, 6.07) is 7.97. The minimum atomic E-state index is 0.0381.